The molecule has 0 amide bonds. The summed E-state index contributed by atoms with van der Waals surface area (Å²) >= 11 is 0. The van der Waals surface area contributed by atoms with E-state index >= 15 is 0 Å². The Morgan fingerprint density at radius 2 is 2.00 bits per heavy atom. The van der Waals surface area contributed by atoms with Crippen LogP contribution in [0.15, 0.2) is 12.4 Å². The largest absolute Gasteiger partial charge is 0.473 e. The van der Waals surface area contributed by atoms with Gasteiger partial charge in [-0.1, -0.05) is 19.8 Å². The molecule has 2 aliphatic rings. The van der Waals surface area contributed by atoms with Gasteiger partial charge < -0.3 is 10.1 Å². The fraction of sp³-hybridized carbons (Fsp3) is 0.778. The van der Waals surface area contributed by atoms with Crippen LogP contribution in [-0.4, -0.2) is 37.3 Å². The average Bonchev–Trinajstić information content (AvgIpc) is 2.62. The third-order valence-corrected chi connectivity index (χ3v) is 6.83. The summed E-state index contributed by atoms with van der Waals surface area (Å²) in [5, 5.41) is 3.80. The van der Waals surface area contributed by atoms with Gasteiger partial charge in [0.05, 0.1) is 12.4 Å². The maximum Gasteiger partial charge on any atom is 0.234 e. The second kappa shape index (κ2) is 8.79. The Morgan fingerprint density at radius 1 is 1.17 bits per heavy atom. The van der Waals surface area contributed by atoms with Crippen molar-refractivity contribution in [1.29, 1.82) is 0 Å². The summed E-state index contributed by atoms with van der Waals surface area (Å²) in [6, 6.07) is 0.332. The molecule has 5 nitrogen and oxygen atoms in total. The minimum atomic E-state index is -0.702. The van der Waals surface area contributed by atoms with Gasteiger partial charge in [0.25, 0.3) is 0 Å². The number of aromatic nitrogens is 2. The van der Waals surface area contributed by atoms with Crippen LogP contribution in [0.3, 0.4) is 0 Å². The van der Waals surface area contributed by atoms with Crippen LogP contribution in [0.2, 0.25) is 0 Å². The smallest absolute Gasteiger partial charge is 0.234 e. The summed E-state index contributed by atoms with van der Waals surface area (Å²) in [5.74, 6) is 2.15. The van der Waals surface area contributed by atoms with Gasteiger partial charge in [0.2, 0.25) is 5.88 Å². The van der Waals surface area contributed by atoms with Crippen LogP contribution in [0.5, 0.6) is 5.88 Å². The topological polar surface area (TPSA) is 64.1 Å². The van der Waals surface area contributed by atoms with E-state index in [9.17, 15) is 4.21 Å². The van der Waals surface area contributed by atoms with Gasteiger partial charge in [-0.05, 0) is 44.9 Å². The van der Waals surface area contributed by atoms with Gasteiger partial charge in [-0.25, -0.2) is 0 Å². The van der Waals surface area contributed by atoms with E-state index in [0.29, 0.717) is 17.2 Å². The second-order valence-corrected chi connectivity index (χ2v) is 8.93. The molecule has 3 atom stereocenters. The zero-order valence-corrected chi connectivity index (χ0v) is 15.4. The molecule has 1 N–H and O–H groups in total. The molecule has 24 heavy (non-hydrogen) atoms. The van der Waals surface area contributed by atoms with E-state index in [1.165, 1.54) is 19.3 Å². The van der Waals surface area contributed by atoms with Gasteiger partial charge >= 0.3 is 0 Å². The van der Waals surface area contributed by atoms with Crippen molar-refractivity contribution >= 4 is 16.6 Å². The number of hydrogen-bond acceptors (Lipinski definition) is 5. The number of hydrogen-bond donors (Lipinski definition) is 1. The van der Waals surface area contributed by atoms with Crippen LogP contribution in [0.4, 0.5) is 5.82 Å². The van der Waals surface area contributed by atoms with Gasteiger partial charge in [-0.15, -0.1) is 0 Å². The monoisotopic (exact) mass is 351 g/mol. The van der Waals surface area contributed by atoms with E-state index in [2.05, 4.69) is 15.3 Å². The molecular weight excluding hydrogens is 322 g/mol. The van der Waals surface area contributed by atoms with Crippen LogP contribution in [-0.2, 0) is 10.8 Å². The molecule has 0 saturated heterocycles. The summed E-state index contributed by atoms with van der Waals surface area (Å²) in [7, 11) is -0.702. The average molecular weight is 352 g/mol. The molecule has 0 radical (unpaired) electrons. The Hall–Kier alpha value is -1.17. The molecule has 1 heterocycles. The predicted molar refractivity (Wildman–Crippen MR) is 97.9 cm³/mol. The lowest BCUT2D eigenvalue weighted by molar-refractivity contribution is 0.148. The molecule has 0 spiro atoms. The van der Waals surface area contributed by atoms with Gasteiger partial charge in [0.15, 0.2) is 0 Å². The summed E-state index contributed by atoms with van der Waals surface area (Å²) in [6.07, 6.45) is 14.0. The first-order valence-corrected chi connectivity index (χ1v) is 10.7. The maximum absolute atomic E-state index is 12.1. The van der Waals surface area contributed by atoms with E-state index in [4.69, 9.17) is 4.74 Å². The minimum Gasteiger partial charge on any atom is -0.473 e. The lowest BCUT2D eigenvalue weighted by Gasteiger charge is -2.29. The highest BCUT2D eigenvalue weighted by molar-refractivity contribution is 7.85. The summed E-state index contributed by atoms with van der Waals surface area (Å²) in [6.45, 7) is 2.00. The summed E-state index contributed by atoms with van der Waals surface area (Å²) < 4.78 is 18.1. The Labute approximate surface area is 147 Å². The number of nitrogens with one attached hydrogen (secondary N) is 1. The van der Waals surface area contributed by atoms with Crippen molar-refractivity contribution in [3.63, 3.8) is 0 Å². The number of anilines is 1. The Morgan fingerprint density at radius 3 is 2.79 bits per heavy atom. The molecule has 2 fully saturated rings. The van der Waals surface area contributed by atoms with E-state index in [1.807, 2.05) is 6.92 Å². The molecule has 3 unspecified atom stereocenters. The lowest BCUT2D eigenvalue weighted by atomic mass is 9.95. The van der Waals surface area contributed by atoms with Crippen LogP contribution in [0, 0.1) is 0 Å². The molecule has 1 aromatic rings. The molecule has 134 valence electrons. The summed E-state index contributed by atoms with van der Waals surface area (Å²) in [4.78, 5) is 8.86. The number of ether oxygens (including phenoxy) is 1. The Balaban J connectivity index is 1.56. The molecule has 6 heteroatoms. The number of nitrogens with zero attached hydrogens (tertiary/aromatic N) is 2. The van der Waals surface area contributed by atoms with Gasteiger partial charge in [0.1, 0.15) is 11.9 Å². The second-order valence-electron chi connectivity index (χ2n) is 6.92. The first-order valence-electron chi connectivity index (χ1n) is 9.37. The maximum atomic E-state index is 12.1. The van der Waals surface area contributed by atoms with Crippen molar-refractivity contribution in [2.45, 2.75) is 82.1 Å². The number of rotatable bonds is 6. The zero-order valence-electron chi connectivity index (χ0n) is 14.6. The first-order chi connectivity index (χ1) is 11.7. The van der Waals surface area contributed by atoms with Gasteiger partial charge in [-0.2, -0.15) is 4.98 Å². The Bertz CT molecular complexity index is 549. The standard InChI is InChI=1S/C18H29N3O2S/c1-2-24(22)16-10-6-7-14(11-16)20-17-12-19-13-18(21-17)23-15-8-4-3-5-9-15/h12-16H,2-11H2,1H3,(H,20,21). The Kier molecular flexibility index (Phi) is 6.46. The van der Waals surface area contributed by atoms with Crippen molar-refractivity contribution < 1.29 is 8.95 Å². The highest BCUT2D eigenvalue weighted by atomic mass is 32.2. The lowest BCUT2D eigenvalue weighted by Crippen LogP contribution is -2.33. The highest BCUT2D eigenvalue weighted by Gasteiger charge is 2.26. The quantitative estimate of drug-likeness (QED) is 0.847. The van der Waals surface area contributed by atoms with Crippen molar-refractivity contribution in [2.75, 3.05) is 11.1 Å². The molecule has 0 bridgehead atoms. The molecule has 0 aliphatic heterocycles. The molecule has 2 aliphatic carbocycles. The fourth-order valence-corrected chi connectivity index (χ4v) is 5.14. The normalized spacial score (nSPS) is 26.7. The van der Waals surface area contributed by atoms with Crippen molar-refractivity contribution in [3.8, 4) is 5.88 Å². The summed E-state index contributed by atoms with van der Waals surface area (Å²) in [5.41, 5.74) is 0. The fourth-order valence-electron chi connectivity index (χ4n) is 3.79. The van der Waals surface area contributed by atoms with E-state index in [-0.39, 0.29) is 6.10 Å². The van der Waals surface area contributed by atoms with Crippen molar-refractivity contribution in [2.24, 2.45) is 0 Å². The molecule has 1 aromatic heterocycles. The van der Waals surface area contributed by atoms with Gasteiger partial charge in [-0.3, -0.25) is 9.19 Å². The van der Waals surface area contributed by atoms with E-state index < -0.39 is 10.8 Å². The van der Waals surface area contributed by atoms with Crippen LogP contribution >= 0.6 is 0 Å². The third kappa shape index (κ3) is 4.91. The third-order valence-electron chi connectivity index (χ3n) is 5.09. The highest BCUT2D eigenvalue weighted by Crippen LogP contribution is 2.26. The van der Waals surface area contributed by atoms with Crippen LogP contribution < -0.4 is 10.1 Å². The molecule has 0 aromatic carbocycles. The molecule has 2 saturated carbocycles. The van der Waals surface area contributed by atoms with E-state index in [1.54, 1.807) is 12.4 Å². The van der Waals surface area contributed by atoms with Crippen LogP contribution in [0.1, 0.15) is 64.7 Å². The predicted octanol–water partition coefficient (Wildman–Crippen LogP) is 3.68. The zero-order chi connectivity index (χ0) is 16.8. The molecule has 3 rings (SSSR count). The van der Waals surface area contributed by atoms with Crippen LogP contribution in [0.25, 0.3) is 0 Å². The van der Waals surface area contributed by atoms with Crippen molar-refractivity contribution in [3.05, 3.63) is 12.4 Å². The molecular formula is C18H29N3O2S. The van der Waals surface area contributed by atoms with Crippen molar-refractivity contribution in [1.82, 2.24) is 9.97 Å². The minimum absolute atomic E-state index is 0.286. The van der Waals surface area contributed by atoms with Gasteiger partial charge in [0, 0.05) is 27.8 Å². The van der Waals surface area contributed by atoms with E-state index in [0.717, 1.165) is 50.1 Å². The SMILES string of the molecule is CCS(=O)C1CCCC(Nc2cncc(OC3CCCCC3)n2)C1. The first kappa shape index (κ1) is 17.6.